The Morgan fingerprint density at radius 3 is 2.89 bits per heavy atom. The predicted octanol–water partition coefficient (Wildman–Crippen LogP) is 3.30. The lowest BCUT2D eigenvalue weighted by Gasteiger charge is -2.35. The number of benzene rings is 1. The van der Waals surface area contributed by atoms with Gasteiger partial charge in [0.1, 0.15) is 17.4 Å². The summed E-state index contributed by atoms with van der Waals surface area (Å²) in [6.45, 7) is 5.24. The van der Waals surface area contributed by atoms with Gasteiger partial charge in [0.25, 0.3) is 11.8 Å². The lowest BCUT2D eigenvalue weighted by Crippen LogP contribution is -2.48. The van der Waals surface area contributed by atoms with Crippen LogP contribution < -0.4 is 16.4 Å². The fourth-order valence-electron chi connectivity index (χ4n) is 3.32. The number of hydrogen-bond acceptors (Lipinski definition) is 6. The van der Waals surface area contributed by atoms with Crippen molar-refractivity contribution in [3.63, 3.8) is 0 Å². The second-order valence-electron chi connectivity index (χ2n) is 6.85. The Bertz CT molecular complexity index is 888. The van der Waals surface area contributed by atoms with Gasteiger partial charge in [-0.25, -0.2) is 13.8 Å². The zero-order chi connectivity index (χ0) is 20.3. The normalized spacial score (nSPS) is 21.0. The first-order valence-corrected chi connectivity index (χ1v) is 8.91. The summed E-state index contributed by atoms with van der Waals surface area (Å²) in [7, 11) is 0. The van der Waals surface area contributed by atoms with Crippen molar-refractivity contribution < 1.29 is 13.6 Å². The molecule has 1 amide bonds. The molecule has 28 heavy (non-hydrogen) atoms. The highest BCUT2D eigenvalue weighted by atomic mass is 19.3. The van der Waals surface area contributed by atoms with Crippen LogP contribution in [0.15, 0.2) is 35.5 Å². The van der Waals surface area contributed by atoms with Crippen LogP contribution in [-0.2, 0) is 0 Å². The van der Waals surface area contributed by atoms with Crippen molar-refractivity contribution in [3.8, 4) is 0 Å². The molecule has 1 aromatic heterocycles. The second-order valence-corrected chi connectivity index (χ2v) is 6.85. The molecule has 0 saturated heterocycles. The molecule has 2 aromatic rings. The minimum Gasteiger partial charge on any atom is -0.365 e. The molecule has 0 radical (unpaired) electrons. The molecule has 148 valence electrons. The number of hydrogen-bond donors (Lipinski definition) is 3. The number of aliphatic imine (C=N–C) groups is 1. The molecule has 0 bridgehead atoms. The van der Waals surface area contributed by atoms with E-state index in [1.165, 1.54) is 6.20 Å². The smallest absolute Gasteiger partial charge is 0.272 e. The van der Waals surface area contributed by atoms with Crippen molar-refractivity contribution >= 4 is 30.1 Å². The average molecular weight is 388 g/mol. The number of aromatic nitrogens is 2. The molecule has 2 atom stereocenters. The van der Waals surface area contributed by atoms with Crippen LogP contribution in [0, 0.1) is 6.92 Å². The summed E-state index contributed by atoms with van der Waals surface area (Å²) < 4.78 is 28.2. The van der Waals surface area contributed by atoms with E-state index in [1.54, 1.807) is 0 Å². The molecule has 1 saturated carbocycles. The fourth-order valence-corrected chi connectivity index (χ4v) is 3.32. The number of alkyl halides is 2. The molecule has 1 aliphatic rings. The van der Waals surface area contributed by atoms with E-state index in [0.29, 0.717) is 18.5 Å². The summed E-state index contributed by atoms with van der Waals surface area (Å²) in [5.41, 5.74) is 7.23. The van der Waals surface area contributed by atoms with Gasteiger partial charge in [0.2, 0.25) is 5.95 Å². The van der Waals surface area contributed by atoms with Gasteiger partial charge in [-0.2, -0.15) is 4.98 Å². The van der Waals surface area contributed by atoms with E-state index in [9.17, 15) is 13.6 Å². The first-order valence-electron chi connectivity index (χ1n) is 8.91. The van der Waals surface area contributed by atoms with Crippen LogP contribution in [0.4, 0.5) is 26.2 Å². The lowest BCUT2D eigenvalue weighted by molar-refractivity contribution is -0.0543. The first-order chi connectivity index (χ1) is 13.3. The summed E-state index contributed by atoms with van der Waals surface area (Å²) in [4.78, 5) is 23.7. The van der Waals surface area contributed by atoms with Gasteiger partial charge in [-0.3, -0.25) is 9.79 Å². The number of halogens is 2. The van der Waals surface area contributed by atoms with Crippen LogP contribution >= 0.6 is 0 Å². The maximum Gasteiger partial charge on any atom is 0.272 e. The summed E-state index contributed by atoms with van der Waals surface area (Å²) in [6, 6.07) is 5.54. The largest absolute Gasteiger partial charge is 0.365 e. The van der Waals surface area contributed by atoms with E-state index in [2.05, 4.69) is 32.3 Å². The van der Waals surface area contributed by atoms with Gasteiger partial charge < -0.3 is 16.4 Å². The quantitative estimate of drug-likeness (QED) is 0.659. The molecule has 9 heteroatoms. The number of primary amides is 1. The number of carbonyl (C=O) groups excluding carboxylic acids is 1. The van der Waals surface area contributed by atoms with Crippen LogP contribution in [-0.4, -0.2) is 40.6 Å². The molecular weight excluding hydrogens is 366 g/mol. The molecule has 0 spiro atoms. The van der Waals surface area contributed by atoms with Crippen LogP contribution in [0.25, 0.3) is 0 Å². The summed E-state index contributed by atoms with van der Waals surface area (Å²) in [5, 5.41) is 5.95. The summed E-state index contributed by atoms with van der Waals surface area (Å²) >= 11 is 0. The molecule has 3 rings (SSSR count). The summed E-state index contributed by atoms with van der Waals surface area (Å²) in [5.74, 6) is -3.33. The van der Waals surface area contributed by atoms with Crippen LogP contribution in [0.5, 0.6) is 0 Å². The topological polar surface area (TPSA) is 105 Å². The number of nitrogens with one attached hydrogen (secondary N) is 2. The van der Waals surface area contributed by atoms with E-state index in [1.807, 2.05) is 31.2 Å². The van der Waals surface area contributed by atoms with Crippen molar-refractivity contribution in [3.05, 3.63) is 41.6 Å². The first kappa shape index (κ1) is 19.7. The van der Waals surface area contributed by atoms with Gasteiger partial charge in [-0.1, -0.05) is 12.1 Å². The lowest BCUT2D eigenvalue weighted by atomic mass is 9.87. The Labute approximate surface area is 161 Å². The van der Waals surface area contributed by atoms with Gasteiger partial charge >= 0.3 is 0 Å². The number of carbonyl (C=O) groups is 1. The number of nitrogens with two attached hydrogens (primary N) is 1. The van der Waals surface area contributed by atoms with E-state index >= 15 is 0 Å². The zero-order valence-electron chi connectivity index (χ0n) is 15.5. The van der Waals surface area contributed by atoms with Crippen molar-refractivity contribution in [1.29, 1.82) is 0 Å². The number of rotatable bonds is 6. The molecule has 0 aliphatic heterocycles. The second kappa shape index (κ2) is 7.87. The highest BCUT2D eigenvalue weighted by Gasteiger charge is 2.46. The Hall–Kier alpha value is -3.10. The fraction of sp³-hybridized carbons (Fsp3) is 0.368. The number of nitrogens with zero attached hydrogens (tertiary/aromatic N) is 3. The van der Waals surface area contributed by atoms with Gasteiger partial charge in [0.05, 0.1) is 6.04 Å². The molecule has 4 N–H and O–H groups in total. The van der Waals surface area contributed by atoms with Gasteiger partial charge in [-0.05, 0) is 44.2 Å². The molecule has 1 aliphatic carbocycles. The van der Waals surface area contributed by atoms with Gasteiger partial charge in [0, 0.05) is 18.3 Å². The van der Waals surface area contributed by atoms with Crippen molar-refractivity contribution in [2.24, 2.45) is 10.7 Å². The van der Waals surface area contributed by atoms with E-state index in [-0.39, 0.29) is 23.8 Å². The molecule has 1 aromatic carbocycles. The van der Waals surface area contributed by atoms with Crippen LogP contribution in [0.3, 0.4) is 0 Å². The summed E-state index contributed by atoms with van der Waals surface area (Å²) in [6.07, 6.45) is 1.88. The minimum atomic E-state index is -2.94. The maximum absolute atomic E-state index is 14.1. The highest BCUT2D eigenvalue weighted by molar-refractivity contribution is 5.98. The zero-order valence-corrected chi connectivity index (χ0v) is 15.5. The third kappa shape index (κ3) is 4.24. The number of aryl methyl sites for hydroxylation is 1. The minimum absolute atomic E-state index is 0.0967. The van der Waals surface area contributed by atoms with Crippen LogP contribution in [0.1, 0.15) is 35.2 Å². The average Bonchev–Trinajstić information content (AvgIpc) is 2.61. The Morgan fingerprint density at radius 2 is 2.21 bits per heavy atom. The van der Waals surface area contributed by atoms with E-state index in [4.69, 9.17) is 5.73 Å². The third-order valence-corrected chi connectivity index (χ3v) is 4.69. The predicted molar refractivity (Wildman–Crippen MR) is 105 cm³/mol. The van der Waals surface area contributed by atoms with Gasteiger partial charge in [-0.15, -0.1) is 0 Å². The highest BCUT2D eigenvalue weighted by Crippen LogP contribution is 2.36. The Balaban J connectivity index is 1.88. The molecule has 0 unspecified atom stereocenters. The van der Waals surface area contributed by atoms with E-state index < -0.39 is 23.9 Å². The number of amides is 1. The molecule has 7 nitrogen and oxygen atoms in total. The molecule has 1 fully saturated rings. The Kier molecular flexibility index (Phi) is 5.53. The molecular formula is C19H22F2N6O. The standard InChI is InChI=1S/C19H22F2N6O/c1-11-5-3-6-12(9-11)25-17-13(16(22)28)10-24-18(27-17)26-14-7-4-8-19(20,21)15(14)23-2/h3,5-6,9-10,14-15H,2,4,7-8H2,1H3,(H2,22,28)(H2,24,25,26,27)/t14-,15-/m1/s1. The van der Waals surface area contributed by atoms with Crippen molar-refractivity contribution in [1.82, 2.24) is 9.97 Å². The molecule has 1 heterocycles. The van der Waals surface area contributed by atoms with Crippen molar-refractivity contribution in [2.75, 3.05) is 10.6 Å². The maximum atomic E-state index is 14.1. The monoisotopic (exact) mass is 388 g/mol. The van der Waals surface area contributed by atoms with Crippen molar-refractivity contribution in [2.45, 2.75) is 44.2 Å². The van der Waals surface area contributed by atoms with Crippen LogP contribution in [0.2, 0.25) is 0 Å². The Morgan fingerprint density at radius 1 is 1.43 bits per heavy atom. The number of anilines is 3. The van der Waals surface area contributed by atoms with Gasteiger partial charge in [0.15, 0.2) is 0 Å². The van der Waals surface area contributed by atoms with E-state index in [0.717, 1.165) is 5.56 Å². The third-order valence-electron chi connectivity index (χ3n) is 4.69. The SMILES string of the molecule is C=N[C@@H]1[C@H](Nc2ncc(C(N)=O)c(Nc3cccc(C)c3)n2)CCCC1(F)F.